The third-order valence-corrected chi connectivity index (χ3v) is 4.15. The second-order valence-electron chi connectivity index (χ2n) is 5.84. The van der Waals surface area contributed by atoms with Crippen molar-refractivity contribution in [3.05, 3.63) is 29.3 Å². The summed E-state index contributed by atoms with van der Waals surface area (Å²) < 4.78 is 5.52. The lowest BCUT2D eigenvalue weighted by molar-refractivity contribution is 0.0964. The molecule has 116 valence electrons. The largest absolute Gasteiger partial charge is 0.494 e. The Morgan fingerprint density at radius 1 is 1.19 bits per heavy atom. The summed E-state index contributed by atoms with van der Waals surface area (Å²) in [5, 5.41) is 0. The highest BCUT2D eigenvalue weighted by Gasteiger charge is 2.13. The highest BCUT2D eigenvalue weighted by atomic mass is 16.5. The van der Waals surface area contributed by atoms with Crippen LogP contribution in [-0.4, -0.2) is 36.9 Å². The van der Waals surface area contributed by atoms with Crippen molar-refractivity contribution in [3.63, 3.8) is 0 Å². The monoisotopic (exact) mass is 289 g/mol. The maximum Gasteiger partial charge on any atom is 0.164 e. The summed E-state index contributed by atoms with van der Waals surface area (Å²) in [5.74, 6) is 1.12. The quantitative estimate of drug-likeness (QED) is 0.745. The highest BCUT2D eigenvalue weighted by molar-refractivity contribution is 5.96. The van der Waals surface area contributed by atoms with Gasteiger partial charge in [0.2, 0.25) is 0 Å². The molecule has 0 aliphatic carbocycles. The molecule has 0 aromatic heterocycles. The molecule has 0 N–H and O–H groups in total. The minimum absolute atomic E-state index is 0.241. The third kappa shape index (κ3) is 4.85. The average molecular weight is 289 g/mol. The number of ether oxygens (including phenoxy) is 1. The van der Waals surface area contributed by atoms with Gasteiger partial charge in [-0.15, -0.1) is 0 Å². The Morgan fingerprint density at radius 2 is 1.90 bits per heavy atom. The van der Waals surface area contributed by atoms with Crippen molar-refractivity contribution in [2.24, 2.45) is 0 Å². The lowest BCUT2D eigenvalue weighted by Gasteiger charge is -2.19. The summed E-state index contributed by atoms with van der Waals surface area (Å²) in [4.78, 5) is 14.8. The number of ketones is 1. The SMILES string of the molecule is CCOc1ccc(C(=O)CCN2CCCCCC2)cc1C. The zero-order valence-corrected chi connectivity index (χ0v) is 13.4. The van der Waals surface area contributed by atoms with Crippen LogP contribution in [0.1, 0.15) is 54.9 Å². The number of hydrogen-bond donors (Lipinski definition) is 0. The molecule has 0 amide bonds. The van der Waals surface area contributed by atoms with Gasteiger partial charge in [0, 0.05) is 18.5 Å². The molecule has 0 saturated carbocycles. The molecule has 3 heteroatoms. The van der Waals surface area contributed by atoms with Crippen LogP contribution in [0.15, 0.2) is 18.2 Å². The second kappa shape index (κ2) is 8.18. The van der Waals surface area contributed by atoms with E-state index < -0.39 is 0 Å². The molecule has 0 spiro atoms. The zero-order chi connectivity index (χ0) is 15.1. The van der Waals surface area contributed by atoms with E-state index in [1.54, 1.807) is 0 Å². The number of likely N-dealkylation sites (tertiary alicyclic amines) is 1. The van der Waals surface area contributed by atoms with Gasteiger partial charge in [0.15, 0.2) is 5.78 Å². The Balaban J connectivity index is 1.89. The summed E-state index contributed by atoms with van der Waals surface area (Å²) in [5.41, 5.74) is 1.85. The molecule has 21 heavy (non-hydrogen) atoms. The van der Waals surface area contributed by atoms with Gasteiger partial charge in [0.25, 0.3) is 0 Å². The lowest BCUT2D eigenvalue weighted by Crippen LogP contribution is -2.27. The molecule has 3 nitrogen and oxygen atoms in total. The fourth-order valence-corrected chi connectivity index (χ4v) is 2.90. The van der Waals surface area contributed by atoms with E-state index in [0.29, 0.717) is 13.0 Å². The summed E-state index contributed by atoms with van der Waals surface area (Å²) in [6.07, 6.45) is 5.84. The molecule has 0 atom stereocenters. The Labute approximate surface area is 128 Å². The molecule has 0 bridgehead atoms. The Morgan fingerprint density at radius 3 is 2.52 bits per heavy atom. The van der Waals surface area contributed by atoms with Crippen LogP contribution in [-0.2, 0) is 0 Å². The number of hydrogen-bond acceptors (Lipinski definition) is 3. The number of carbonyl (C=O) groups excluding carboxylic acids is 1. The average Bonchev–Trinajstić information content (AvgIpc) is 2.75. The molecule has 2 rings (SSSR count). The summed E-state index contributed by atoms with van der Waals surface area (Å²) in [6, 6.07) is 5.76. The first-order valence-electron chi connectivity index (χ1n) is 8.19. The maximum absolute atomic E-state index is 12.3. The Kier molecular flexibility index (Phi) is 6.24. The number of rotatable bonds is 6. The van der Waals surface area contributed by atoms with Crippen LogP contribution in [0.25, 0.3) is 0 Å². The zero-order valence-electron chi connectivity index (χ0n) is 13.4. The highest BCUT2D eigenvalue weighted by Crippen LogP contribution is 2.20. The minimum atomic E-state index is 0.241. The summed E-state index contributed by atoms with van der Waals surface area (Å²) in [6.45, 7) is 7.82. The first-order valence-corrected chi connectivity index (χ1v) is 8.19. The first-order chi connectivity index (χ1) is 10.2. The van der Waals surface area contributed by atoms with E-state index in [2.05, 4.69) is 4.90 Å². The van der Waals surface area contributed by atoms with E-state index in [1.165, 1.54) is 25.7 Å². The van der Waals surface area contributed by atoms with Crippen molar-refractivity contribution in [3.8, 4) is 5.75 Å². The number of benzene rings is 1. The van der Waals surface area contributed by atoms with E-state index in [1.807, 2.05) is 32.0 Å². The van der Waals surface area contributed by atoms with Crippen molar-refractivity contribution in [2.45, 2.75) is 46.0 Å². The maximum atomic E-state index is 12.3. The van der Waals surface area contributed by atoms with Gasteiger partial charge in [-0.2, -0.15) is 0 Å². The molecule has 1 aliphatic rings. The molecule has 1 aromatic rings. The topological polar surface area (TPSA) is 29.5 Å². The van der Waals surface area contributed by atoms with E-state index in [4.69, 9.17) is 4.74 Å². The number of aryl methyl sites for hydroxylation is 1. The van der Waals surface area contributed by atoms with Crippen molar-refractivity contribution in [2.75, 3.05) is 26.2 Å². The minimum Gasteiger partial charge on any atom is -0.494 e. The lowest BCUT2D eigenvalue weighted by atomic mass is 10.0. The van der Waals surface area contributed by atoms with Gasteiger partial charge in [-0.05, 0) is 63.5 Å². The third-order valence-electron chi connectivity index (χ3n) is 4.15. The first kappa shape index (κ1) is 16.0. The number of nitrogens with zero attached hydrogens (tertiary/aromatic N) is 1. The predicted molar refractivity (Wildman–Crippen MR) is 86.2 cm³/mol. The molecule has 1 aliphatic heterocycles. The van der Waals surface area contributed by atoms with Gasteiger partial charge < -0.3 is 9.64 Å². The molecule has 1 aromatic carbocycles. The molecule has 0 unspecified atom stereocenters. The van der Waals surface area contributed by atoms with Crippen LogP contribution in [0.4, 0.5) is 0 Å². The fraction of sp³-hybridized carbons (Fsp3) is 0.611. The Hall–Kier alpha value is -1.35. The molecule has 1 fully saturated rings. The van der Waals surface area contributed by atoms with Crippen LogP contribution in [0.2, 0.25) is 0 Å². The van der Waals surface area contributed by atoms with Gasteiger partial charge in [-0.3, -0.25) is 4.79 Å². The molecule has 1 heterocycles. The van der Waals surface area contributed by atoms with Gasteiger partial charge in [-0.1, -0.05) is 12.8 Å². The van der Waals surface area contributed by atoms with Crippen molar-refractivity contribution in [1.82, 2.24) is 4.90 Å². The smallest absolute Gasteiger partial charge is 0.164 e. The summed E-state index contributed by atoms with van der Waals surface area (Å²) >= 11 is 0. The van der Waals surface area contributed by atoms with Crippen molar-refractivity contribution < 1.29 is 9.53 Å². The second-order valence-corrected chi connectivity index (χ2v) is 5.84. The van der Waals surface area contributed by atoms with Gasteiger partial charge in [0.05, 0.1) is 6.61 Å². The number of carbonyl (C=O) groups is 1. The van der Waals surface area contributed by atoms with Crippen LogP contribution in [0.5, 0.6) is 5.75 Å². The number of Topliss-reactive ketones (excluding diaryl/α,β-unsaturated/α-hetero) is 1. The molecule has 1 saturated heterocycles. The molecule has 0 radical (unpaired) electrons. The van der Waals surface area contributed by atoms with Gasteiger partial charge in [-0.25, -0.2) is 0 Å². The van der Waals surface area contributed by atoms with Gasteiger partial charge in [0.1, 0.15) is 5.75 Å². The van der Waals surface area contributed by atoms with Crippen LogP contribution >= 0.6 is 0 Å². The van der Waals surface area contributed by atoms with E-state index >= 15 is 0 Å². The fourth-order valence-electron chi connectivity index (χ4n) is 2.90. The van der Waals surface area contributed by atoms with Crippen LogP contribution in [0, 0.1) is 6.92 Å². The summed E-state index contributed by atoms with van der Waals surface area (Å²) in [7, 11) is 0. The molecular formula is C18H27NO2. The Bertz CT molecular complexity index is 462. The van der Waals surface area contributed by atoms with E-state index in [9.17, 15) is 4.79 Å². The van der Waals surface area contributed by atoms with Crippen molar-refractivity contribution >= 4 is 5.78 Å². The van der Waals surface area contributed by atoms with Crippen LogP contribution < -0.4 is 4.74 Å². The van der Waals surface area contributed by atoms with E-state index in [-0.39, 0.29) is 5.78 Å². The van der Waals surface area contributed by atoms with E-state index in [0.717, 1.165) is 36.5 Å². The standard InChI is InChI=1S/C18H27NO2/c1-3-21-18-9-8-16(14-15(18)2)17(20)10-13-19-11-6-4-5-7-12-19/h8-9,14H,3-7,10-13H2,1-2H3. The normalized spacial score (nSPS) is 16.5. The van der Waals surface area contributed by atoms with Gasteiger partial charge >= 0.3 is 0 Å². The van der Waals surface area contributed by atoms with Crippen molar-refractivity contribution in [1.29, 1.82) is 0 Å². The predicted octanol–water partition coefficient (Wildman–Crippen LogP) is 3.84. The van der Waals surface area contributed by atoms with Crippen LogP contribution in [0.3, 0.4) is 0 Å². The molecular weight excluding hydrogens is 262 g/mol.